The molecule has 6 heteroatoms. The zero-order valence-electron chi connectivity index (χ0n) is 9.40. The van der Waals surface area contributed by atoms with Gasteiger partial charge >= 0.3 is 0 Å². The number of amides is 1. The fourth-order valence-electron chi connectivity index (χ4n) is 1.55. The number of nitrogens with one attached hydrogen (secondary N) is 1. The van der Waals surface area contributed by atoms with Crippen LogP contribution in [-0.4, -0.2) is 36.2 Å². The number of nitrogens with two attached hydrogens (primary N) is 1. The van der Waals surface area contributed by atoms with E-state index in [0.717, 1.165) is 5.52 Å². The van der Waals surface area contributed by atoms with E-state index >= 15 is 0 Å². The van der Waals surface area contributed by atoms with Crippen molar-refractivity contribution in [3.63, 3.8) is 0 Å². The molecule has 0 bridgehead atoms. The molecule has 0 radical (unpaired) electrons. The van der Waals surface area contributed by atoms with Gasteiger partial charge in [0.25, 0.3) is 5.91 Å². The van der Waals surface area contributed by atoms with Gasteiger partial charge in [-0.05, 0) is 12.1 Å². The number of fused-ring (bicyclic) bond motifs is 1. The Labute approximate surface area is 97.7 Å². The SMILES string of the molecule is COCCOc1c(C(N)=O)ccc2[nH]cnc12. The van der Waals surface area contributed by atoms with Crippen LogP contribution in [0.1, 0.15) is 10.4 Å². The standard InChI is InChI=1S/C11H13N3O3/c1-16-4-5-17-10-7(11(12)15)2-3-8-9(10)14-6-13-8/h2-3,6H,4-5H2,1H3,(H2,12,15)(H,13,14). The number of primary amides is 1. The lowest BCUT2D eigenvalue weighted by atomic mass is 10.1. The zero-order valence-corrected chi connectivity index (χ0v) is 9.40. The molecule has 0 atom stereocenters. The van der Waals surface area contributed by atoms with E-state index in [4.69, 9.17) is 15.2 Å². The molecule has 1 aromatic carbocycles. The Balaban J connectivity index is 2.42. The molecule has 3 N–H and O–H groups in total. The maximum absolute atomic E-state index is 11.3. The summed E-state index contributed by atoms with van der Waals surface area (Å²) in [6.45, 7) is 0.766. The van der Waals surface area contributed by atoms with E-state index in [-0.39, 0.29) is 0 Å². The van der Waals surface area contributed by atoms with Crippen LogP contribution in [0, 0.1) is 0 Å². The van der Waals surface area contributed by atoms with Crippen LogP contribution < -0.4 is 10.5 Å². The molecule has 0 aliphatic rings. The Hall–Kier alpha value is -2.08. The summed E-state index contributed by atoms with van der Waals surface area (Å²) < 4.78 is 10.4. The van der Waals surface area contributed by atoms with Gasteiger partial charge in [0.1, 0.15) is 12.1 Å². The number of ether oxygens (including phenoxy) is 2. The molecule has 6 nitrogen and oxygen atoms in total. The Bertz CT molecular complexity index is 536. The van der Waals surface area contributed by atoms with E-state index < -0.39 is 5.91 Å². The molecule has 90 valence electrons. The molecule has 1 aromatic heterocycles. The Morgan fingerprint density at radius 2 is 2.29 bits per heavy atom. The van der Waals surface area contributed by atoms with Crippen molar-refractivity contribution in [1.29, 1.82) is 0 Å². The first-order valence-corrected chi connectivity index (χ1v) is 5.11. The van der Waals surface area contributed by atoms with Crippen LogP contribution in [0.3, 0.4) is 0 Å². The second-order valence-electron chi connectivity index (χ2n) is 3.45. The summed E-state index contributed by atoms with van der Waals surface area (Å²) in [5.74, 6) is -0.143. The van der Waals surface area contributed by atoms with Crippen molar-refractivity contribution in [2.45, 2.75) is 0 Å². The molecule has 0 fully saturated rings. The lowest BCUT2D eigenvalue weighted by Gasteiger charge is -2.09. The van der Waals surface area contributed by atoms with Crippen LogP contribution in [0.4, 0.5) is 0 Å². The first-order valence-electron chi connectivity index (χ1n) is 5.11. The lowest BCUT2D eigenvalue weighted by Crippen LogP contribution is -2.14. The third kappa shape index (κ3) is 2.21. The largest absolute Gasteiger partial charge is 0.488 e. The summed E-state index contributed by atoms with van der Waals surface area (Å²) in [6, 6.07) is 3.36. The van der Waals surface area contributed by atoms with E-state index in [1.807, 2.05) is 0 Å². The number of nitrogens with zero attached hydrogens (tertiary/aromatic N) is 1. The van der Waals surface area contributed by atoms with Crippen LogP contribution in [0.5, 0.6) is 5.75 Å². The van der Waals surface area contributed by atoms with Crippen LogP contribution >= 0.6 is 0 Å². The van der Waals surface area contributed by atoms with E-state index in [9.17, 15) is 4.79 Å². The number of carbonyl (C=O) groups is 1. The summed E-state index contributed by atoms with van der Waals surface area (Å²) in [7, 11) is 1.58. The zero-order chi connectivity index (χ0) is 12.3. The fraction of sp³-hybridized carbons (Fsp3) is 0.273. The van der Waals surface area contributed by atoms with E-state index in [1.165, 1.54) is 0 Å². The number of rotatable bonds is 5. The fourth-order valence-corrected chi connectivity index (χ4v) is 1.55. The maximum Gasteiger partial charge on any atom is 0.252 e. The van der Waals surface area contributed by atoms with Gasteiger partial charge in [0.05, 0.1) is 24.0 Å². The number of methoxy groups -OCH3 is 1. The van der Waals surface area contributed by atoms with E-state index in [1.54, 1.807) is 25.6 Å². The Morgan fingerprint density at radius 1 is 1.47 bits per heavy atom. The minimum absolute atomic E-state index is 0.320. The van der Waals surface area contributed by atoms with Gasteiger partial charge in [-0.2, -0.15) is 0 Å². The number of hydrogen-bond acceptors (Lipinski definition) is 4. The normalized spacial score (nSPS) is 10.6. The van der Waals surface area contributed by atoms with Crippen LogP contribution in [-0.2, 0) is 4.74 Å². The predicted molar refractivity (Wildman–Crippen MR) is 62.0 cm³/mol. The molecule has 0 unspecified atom stereocenters. The topological polar surface area (TPSA) is 90.2 Å². The molecule has 0 saturated carbocycles. The van der Waals surface area contributed by atoms with Crippen molar-refractivity contribution < 1.29 is 14.3 Å². The smallest absolute Gasteiger partial charge is 0.252 e. The number of imidazole rings is 1. The number of benzene rings is 1. The van der Waals surface area contributed by atoms with Crippen molar-refractivity contribution in [3.8, 4) is 5.75 Å². The molecule has 2 aromatic rings. The number of aromatic amines is 1. The van der Waals surface area contributed by atoms with Crippen LogP contribution in [0.2, 0.25) is 0 Å². The molecule has 17 heavy (non-hydrogen) atoms. The van der Waals surface area contributed by atoms with Crippen molar-refractivity contribution >= 4 is 16.9 Å². The summed E-state index contributed by atoms with van der Waals surface area (Å²) in [4.78, 5) is 18.3. The van der Waals surface area contributed by atoms with Crippen molar-refractivity contribution in [2.24, 2.45) is 5.73 Å². The van der Waals surface area contributed by atoms with Crippen molar-refractivity contribution in [1.82, 2.24) is 9.97 Å². The second-order valence-corrected chi connectivity index (χ2v) is 3.45. The molecular weight excluding hydrogens is 222 g/mol. The average Bonchev–Trinajstić information content (AvgIpc) is 2.77. The van der Waals surface area contributed by atoms with Crippen molar-refractivity contribution in [3.05, 3.63) is 24.0 Å². The highest BCUT2D eigenvalue weighted by Gasteiger charge is 2.14. The predicted octanol–water partition coefficient (Wildman–Crippen LogP) is 0.687. The maximum atomic E-state index is 11.3. The van der Waals surface area contributed by atoms with Gasteiger partial charge in [-0.1, -0.05) is 0 Å². The van der Waals surface area contributed by atoms with Gasteiger partial charge in [0, 0.05) is 7.11 Å². The van der Waals surface area contributed by atoms with E-state index in [2.05, 4.69) is 9.97 Å². The summed E-state index contributed by atoms with van der Waals surface area (Å²) in [6.07, 6.45) is 1.54. The average molecular weight is 235 g/mol. The first kappa shape index (κ1) is 11.4. The summed E-state index contributed by atoms with van der Waals surface area (Å²) in [5.41, 5.74) is 7.00. The Kier molecular flexibility index (Phi) is 3.24. The van der Waals surface area contributed by atoms with Gasteiger partial charge in [0.15, 0.2) is 5.75 Å². The molecule has 0 saturated heterocycles. The number of H-pyrrole nitrogens is 1. The quantitative estimate of drug-likeness (QED) is 0.746. The third-order valence-electron chi connectivity index (χ3n) is 2.34. The van der Waals surface area contributed by atoms with Gasteiger partial charge < -0.3 is 20.2 Å². The van der Waals surface area contributed by atoms with Crippen LogP contribution in [0.25, 0.3) is 11.0 Å². The van der Waals surface area contributed by atoms with Gasteiger partial charge in [-0.25, -0.2) is 4.98 Å². The molecule has 0 aliphatic heterocycles. The third-order valence-corrected chi connectivity index (χ3v) is 2.34. The molecule has 1 amide bonds. The highest BCUT2D eigenvalue weighted by Crippen LogP contribution is 2.27. The van der Waals surface area contributed by atoms with Crippen LogP contribution in [0.15, 0.2) is 18.5 Å². The molecule has 2 rings (SSSR count). The minimum atomic E-state index is -0.540. The second kappa shape index (κ2) is 4.84. The van der Waals surface area contributed by atoms with Gasteiger partial charge in [-0.15, -0.1) is 0 Å². The minimum Gasteiger partial charge on any atom is -0.488 e. The van der Waals surface area contributed by atoms with E-state index in [0.29, 0.717) is 30.0 Å². The highest BCUT2D eigenvalue weighted by atomic mass is 16.5. The lowest BCUT2D eigenvalue weighted by molar-refractivity contribution is 0.0993. The molecular formula is C11H13N3O3. The van der Waals surface area contributed by atoms with Gasteiger partial charge in [-0.3, -0.25) is 4.79 Å². The first-order chi connectivity index (χ1) is 8.24. The Morgan fingerprint density at radius 3 is 3.00 bits per heavy atom. The molecule has 0 spiro atoms. The number of aromatic nitrogens is 2. The van der Waals surface area contributed by atoms with Crippen molar-refractivity contribution in [2.75, 3.05) is 20.3 Å². The summed E-state index contributed by atoms with van der Waals surface area (Å²) in [5, 5.41) is 0. The van der Waals surface area contributed by atoms with Gasteiger partial charge in [0.2, 0.25) is 0 Å². The highest BCUT2D eigenvalue weighted by molar-refractivity contribution is 6.01. The molecule has 1 heterocycles. The number of hydrogen-bond donors (Lipinski definition) is 2. The molecule has 0 aliphatic carbocycles. The monoisotopic (exact) mass is 235 g/mol. The number of carbonyl (C=O) groups excluding carboxylic acids is 1. The summed E-state index contributed by atoms with van der Waals surface area (Å²) >= 11 is 0.